The Morgan fingerprint density at radius 1 is 1.30 bits per heavy atom. The van der Waals surface area contributed by atoms with Crippen molar-refractivity contribution in [1.29, 1.82) is 0 Å². The van der Waals surface area contributed by atoms with Crippen molar-refractivity contribution in [3.8, 4) is 0 Å². The molecule has 0 unspecified atom stereocenters. The summed E-state index contributed by atoms with van der Waals surface area (Å²) in [6.45, 7) is 4.25. The smallest absolute Gasteiger partial charge is 0.0674 e. The van der Waals surface area contributed by atoms with Gasteiger partial charge in [0.25, 0.3) is 0 Å². The predicted octanol–water partition coefficient (Wildman–Crippen LogP) is 5.26. The molecule has 1 N–H and O–H groups in total. The highest BCUT2D eigenvalue weighted by atomic mass is 35.5. The summed E-state index contributed by atoms with van der Waals surface area (Å²) < 4.78 is 0. The van der Waals surface area contributed by atoms with Gasteiger partial charge in [-0.1, -0.05) is 49.0 Å². The second-order valence-electron chi connectivity index (χ2n) is 7.37. The third-order valence-electron chi connectivity index (χ3n) is 5.70. The van der Waals surface area contributed by atoms with Crippen LogP contribution >= 0.6 is 23.2 Å². The summed E-state index contributed by atoms with van der Waals surface area (Å²) in [5, 5.41) is 12.3. The van der Waals surface area contributed by atoms with Crippen molar-refractivity contribution in [3.05, 3.63) is 33.8 Å². The first kappa shape index (κ1) is 17.5. The molecule has 2 aliphatic heterocycles. The summed E-state index contributed by atoms with van der Waals surface area (Å²) in [7, 11) is 0. The lowest BCUT2D eigenvalue weighted by atomic mass is 9.77. The molecule has 0 radical (unpaired) electrons. The summed E-state index contributed by atoms with van der Waals surface area (Å²) >= 11 is 12.4. The summed E-state index contributed by atoms with van der Waals surface area (Å²) in [4.78, 5) is 2.57. The fourth-order valence-electron chi connectivity index (χ4n) is 4.32. The molecule has 2 aliphatic rings. The van der Waals surface area contributed by atoms with E-state index in [1.807, 2.05) is 12.1 Å². The molecule has 2 nitrogen and oxygen atoms in total. The molecule has 0 bridgehead atoms. The van der Waals surface area contributed by atoms with Crippen LogP contribution in [0, 0.1) is 0 Å². The molecular weight excluding hydrogens is 329 g/mol. The van der Waals surface area contributed by atoms with Crippen molar-refractivity contribution < 1.29 is 5.11 Å². The van der Waals surface area contributed by atoms with E-state index >= 15 is 0 Å². The molecular formula is C19H27Cl2NO. The van der Waals surface area contributed by atoms with E-state index in [1.165, 1.54) is 5.56 Å². The molecule has 1 aromatic rings. The van der Waals surface area contributed by atoms with Crippen molar-refractivity contribution in [2.75, 3.05) is 13.1 Å². The van der Waals surface area contributed by atoms with E-state index in [9.17, 15) is 5.11 Å². The van der Waals surface area contributed by atoms with Crippen molar-refractivity contribution in [2.24, 2.45) is 0 Å². The van der Waals surface area contributed by atoms with Gasteiger partial charge in [0.05, 0.1) is 5.60 Å². The number of hydrogen-bond donors (Lipinski definition) is 1. The number of nitrogens with zero attached hydrogens (tertiary/aromatic N) is 1. The second-order valence-corrected chi connectivity index (χ2v) is 8.21. The molecule has 3 atom stereocenters. The molecule has 0 aliphatic carbocycles. The van der Waals surface area contributed by atoms with E-state index in [1.54, 1.807) is 0 Å². The average molecular weight is 356 g/mol. The monoisotopic (exact) mass is 355 g/mol. The quantitative estimate of drug-likeness (QED) is 0.796. The van der Waals surface area contributed by atoms with E-state index < -0.39 is 5.60 Å². The molecule has 1 aromatic carbocycles. The Kier molecular flexibility index (Phi) is 5.57. The number of fused-ring (bicyclic) bond motifs is 1. The number of rotatable bonds is 4. The zero-order valence-electron chi connectivity index (χ0n) is 13.9. The van der Waals surface area contributed by atoms with Crippen LogP contribution in [0.4, 0.5) is 0 Å². The number of unbranched alkanes of at least 4 members (excludes halogenated alkanes) is 1. The summed E-state index contributed by atoms with van der Waals surface area (Å²) in [6, 6.07) is 6.41. The molecule has 0 saturated carbocycles. The van der Waals surface area contributed by atoms with Gasteiger partial charge in [-0.3, -0.25) is 4.90 Å². The Morgan fingerprint density at radius 3 is 2.87 bits per heavy atom. The molecule has 2 heterocycles. The number of hydrogen-bond acceptors (Lipinski definition) is 2. The van der Waals surface area contributed by atoms with Crippen molar-refractivity contribution in [3.63, 3.8) is 0 Å². The highest BCUT2D eigenvalue weighted by Crippen LogP contribution is 2.40. The van der Waals surface area contributed by atoms with Gasteiger partial charge in [0.15, 0.2) is 0 Å². The Bertz CT molecular complexity index is 550. The molecule has 3 rings (SSSR count). The van der Waals surface area contributed by atoms with Crippen LogP contribution in [-0.2, 0) is 0 Å². The van der Waals surface area contributed by atoms with Crippen LogP contribution in [0.15, 0.2) is 18.2 Å². The van der Waals surface area contributed by atoms with E-state index in [2.05, 4.69) is 17.9 Å². The lowest BCUT2D eigenvalue weighted by Gasteiger charge is -2.48. The molecule has 2 fully saturated rings. The summed E-state index contributed by atoms with van der Waals surface area (Å²) in [5.41, 5.74) is 0.795. The Hall–Kier alpha value is -0.280. The SMILES string of the molecule is CCCC[C@]1(O)CCN2C[C@@H](c3ccc(Cl)cc3Cl)CC[C@@H]2C1. The first-order chi connectivity index (χ1) is 11.0. The maximum atomic E-state index is 10.8. The zero-order valence-corrected chi connectivity index (χ0v) is 15.4. The van der Waals surface area contributed by atoms with Gasteiger partial charge in [0, 0.05) is 29.2 Å². The van der Waals surface area contributed by atoms with E-state index in [0.717, 1.165) is 63.1 Å². The highest BCUT2D eigenvalue weighted by molar-refractivity contribution is 6.35. The zero-order chi connectivity index (χ0) is 16.4. The van der Waals surface area contributed by atoms with Crippen LogP contribution < -0.4 is 0 Å². The number of benzene rings is 1. The van der Waals surface area contributed by atoms with Gasteiger partial charge in [0.2, 0.25) is 0 Å². The molecule has 23 heavy (non-hydrogen) atoms. The normalized spacial score (nSPS) is 31.8. The van der Waals surface area contributed by atoms with Crippen molar-refractivity contribution in [1.82, 2.24) is 4.90 Å². The van der Waals surface area contributed by atoms with Crippen LogP contribution in [0.5, 0.6) is 0 Å². The molecule has 2 saturated heterocycles. The van der Waals surface area contributed by atoms with Crippen LogP contribution in [0.2, 0.25) is 10.0 Å². The van der Waals surface area contributed by atoms with Gasteiger partial charge in [-0.2, -0.15) is 0 Å². The van der Waals surface area contributed by atoms with Crippen LogP contribution in [-0.4, -0.2) is 34.7 Å². The average Bonchev–Trinajstić information content (AvgIpc) is 2.53. The minimum Gasteiger partial charge on any atom is -0.390 e. The third kappa shape index (κ3) is 4.04. The predicted molar refractivity (Wildman–Crippen MR) is 97.5 cm³/mol. The summed E-state index contributed by atoms with van der Waals surface area (Å²) in [6.07, 6.45) is 7.39. The Morgan fingerprint density at radius 2 is 2.13 bits per heavy atom. The number of aliphatic hydroxyl groups is 1. The van der Waals surface area contributed by atoms with E-state index in [4.69, 9.17) is 23.2 Å². The van der Waals surface area contributed by atoms with Gasteiger partial charge in [-0.15, -0.1) is 0 Å². The Labute approximate surface area is 149 Å². The number of piperidine rings is 2. The standard InChI is InChI=1S/C19H27Cl2NO/c1-2-3-8-19(23)9-10-22-13-14(4-6-16(22)12-19)17-7-5-15(20)11-18(17)21/h5,7,11,14,16,23H,2-4,6,8-10,12-13H2,1H3/t14-,16+,19-/m0/s1. The maximum Gasteiger partial charge on any atom is 0.0674 e. The minimum atomic E-state index is -0.429. The second kappa shape index (κ2) is 7.31. The van der Waals surface area contributed by atoms with Crippen LogP contribution in [0.3, 0.4) is 0 Å². The lowest BCUT2D eigenvalue weighted by Crippen LogP contribution is -2.53. The first-order valence-corrected chi connectivity index (χ1v) is 9.68. The van der Waals surface area contributed by atoms with Crippen LogP contribution in [0.1, 0.15) is 63.4 Å². The molecule has 0 amide bonds. The first-order valence-electron chi connectivity index (χ1n) is 8.92. The maximum absolute atomic E-state index is 10.8. The number of halogens is 2. The van der Waals surface area contributed by atoms with Gasteiger partial charge < -0.3 is 5.11 Å². The van der Waals surface area contributed by atoms with Gasteiger partial charge in [-0.05, 0) is 55.7 Å². The molecule has 128 valence electrons. The van der Waals surface area contributed by atoms with Crippen molar-refractivity contribution >= 4 is 23.2 Å². The van der Waals surface area contributed by atoms with Crippen LogP contribution in [0.25, 0.3) is 0 Å². The van der Waals surface area contributed by atoms with Crippen molar-refractivity contribution in [2.45, 2.75) is 69.4 Å². The van der Waals surface area contributed by atoms with Gasteiger partial charge >= 0.3 is 0 Å². The third-order valence-corrected chi connectivity index (χ3v) is 6.26. The largest absolute Gasteiger partial charge is 0.390 e. The molecule has 4 heteroatoms. The van der Waals surface area contributed by atoms with Gasteiger partial charge in [0.1, 0.15) is 0 Å². The fraction of sp³-hybridized carbons (Fsp3) is 0.684. The Balaban J connectivity index is 1.64. The topological polar surface area (TPSA) is 23.5 Å². The van der Waals surface area contributed by atoms with E-state index in [0.29, 0.717) is 17.0 Å². The highest BCUT2D eigenvalue weighted by Gasteiger charge is 2.40. The van der Waals surface area contributed by atoms with Gasteiger partial charge in [-0.25, -0.2) is 0 Å². The minimum absolute atomic E-state index is 0.429. The lowest BCUT2D eigenvalue weighted by molar-refractivity contribution is -0.0650. The molecule has 0 aromatic heterocycles. The van der Waals surface area contributed by atoms with E-state index in [-0.39, 0.29) is 0 Å². The molecule has 0 spiro atoms. The summed E-state index contributed by atoms with van der Waals surface area (Å²) in [5.74, 6) is 0.484. The fourth-order valence-corrected chi connectivity index (χ4v) is 4.88.